The van der Waals surface area contributed by atoms with Gasteiger partial charge in [0.15, 0.2) is 5.41 Å². The quantitative estimate of drug-likeness (QED) is 0.214. The Kier molecular flexibility index (Phi) is 12.1. The number of hydrogen-bond acceptors (Lipinski definition) is 4. The molecule has 0 radical (unpaired) electrons. The van der Waals surface area contributed by atoms with E-state index < -0.39 is 17.4 Å². The predicted molar refractivity (Wildman–Crippen MR) is 115 cm³/mol. The highest BCUT2D eigenvalue weighted by molar-refractivity contribution is 5.99. The maximum atomic E-state index is 12.5. The molecule has 1 atom stereocenters. The van der Waals surface area contributed by atoms with Crippen molar-refractivity contribution in [2.75, 3.05) is 13.2 Å². The summed E-state index contributed by atoms with van der Waals surface area (Å²) >= 11 is 0. The van der Waals surface area contributed by atoms with Gasteiger partial charge in [-0.2, -0.15) is 0 Å². The highest BCUT2D eigenvalue weighted by atomic mass is 16.5. The van der Waals surface area contributed by atoms with Crippen LogP contribution >= 0.6 is 0 Å². The van der Waals surface area contributed by atoms with Crippen LogP contribution in [-0.4, -0.2) is 30.3 Å². The third-order valence-electron chi connectivity index (χ3n) is 5.31. The molecule has 0 aliphatic heterocycles. The van der Waals surface area contributed by atoms with Gasteiger partial charge >= 0.3 is 11.9 Å². The van der Waals surface area contributed by atoms with Crippen LogP contribution in [0.5, 0.6) is 5.75 Å². The fourth-order valence-electron chi connectivity index (χ4n) is 3.38. The number of carboxylic acid groups (broad SMARTS) is 1. The highest BCUT2D eigenvalue weighted by Gasteiger charge is 2.46. The first-order chi connectivity index (χ1) is 14.0. The van der Waals surface area contributed by atoms with Crippen LogP contribution in [0.1, 0.15) is 84.1 Å². The lowest BCUT2D eigenvalue weighted by Gasteiger charge is -2.27. The number of carbonyl (C=O) groups excluding carboxylic acids is 1. The fourth-order valence-corrected chi connectivity index (χ4v) is 3.38. The first-order valence-electron chi connectivity index (χ1n) is 11.1. The molecule has 0 aliphatic rings. The number of ether oxygens (including phenoxy) is 2. The van der Waals surface area contributed by atoms with Gasteiger partial charge in [-0.15, -0.1) is 0 Å². The Morgan fingerprint density at radius 2 is 1.55 bits per heavy atom. The zero-order valence-corrected chi connectivity index (χ0v) is 18.4. The number of aliphatic carboxylic acids is 1. The van der Waals surface area contributed by atoms with Gasteiger partial charge in [-0.25, -0.2) is 0 Å². The molecule has 5 nitrogen and oxygen atoms in total. The molecule has 0 aromatic heterocycles. The number of carboxylic acids is 1. The van der Waals surface area contributed by atoms with Gasteiger partial charge in [0.1, 0.15) is 5.75 Å². The summed E-state index contributed by atoms with van der Waals surface area (Å²) in [7, 11) is 0. The first-order valence-corrected chi connectivity index (χ1v) is 11.1. The zero-order chi connectivity index (χ0) is 21.5. The minimum absolute atomic E-state index is 0.185. The van der Waals surface area contributed by atoms with E-state index >= 15 is 0 Å². The Hall–Kier alpha value is -2.04. The van der Waals surface area contributed by atoms with E-state index in [0.717, 1.165) is 24.2 Å². The van der Waals surface area contributed by atoms with Crippen LogP contribution in [0.15, 0.2) is 24.3 Å². The topological polar surface area (TPSA) is 72.8 Å². The monoisotopic (exact) mass is 406 g/mol. The number of hydrogen-bond donors (Lipinski definition) is 1. The van der Waals surface area contributed by atoms with Gasteiger partial charge in [0.05, 0.1) is 13.2 Å². The van der Waals surface area contributed by atoms with Gasteiger partial charge < -0.3 is 14.6 Å². The van der Waals surface area contributed by atoms with Crippen LogP contribution in [0.2, 0.25) is 0 Å². The second kappa shape index (κ2) is 14.0. The van der Waals surface area contributed by atoms with Crippen LogP contribution in [0.4, 0.5) is 0 Å². The Balaban J connectivity index is 2.64. The van der Waals surface area contributed by atoms with Crippen molar-refractivity contribution in [2.45, 2.75) is 85.0 Å². The van der Waals surface area contributed by atoms with E-state index in [0.29, 0.717) is 25.9 Å². The van der Waals surface area contributed by atoms with E-state index in [1.54, 1.807) is 6.92 Å². The summed E-state index contributed by atoms with van der Waals surface area (Å²) < 4.78 is 10.9. The van der Waals surface area contributed by atoms with Crippen LogP contribution in [-0.2, 0) is 20.7 Å². The van der Waals surface area contributed by atoms with Gasteiger partial charge in [-0.3, -0.25) is 9.59 Å². The molecule has 1 aromatic carbocycles. The van der Waals surface area contributed by atoms with Crippen LogP contribution in [0.3, 0.4) is 0 Å². The van der Waals surface area contributed by atoms with Gasteiger partial charge in [-0.1, -0.05) is 64.5 Å². The van der Waals surface area contributed by atoms with Crippen molar-refractivity contribution in [2.24, 2.45) is 5.41 Å². The minimum Gasteiger partial charge on any atom is -0.494 e. The Morgan fingerprint density at radius 1 is 0.897 bits per heavy atom. The van der Waals surface area contributed by atoms with E-state index in [4.69, 9.17) is 9.47 Å². The van der Waals surface area contributed by atoms with Crippen molar-refractivity contribution in [3.63, 3.8) is 0 Å². The normalized spacial score (nSPS) is 12.9. The molecule has 1 unspecified atom stereocenters. The van der Waals surface area contributed by atoms with Crippen molar-refractivity contribution in [1.29, 1.82) is 0 Å². The molecule has 0 amide bonds. The largest absolute Gasteiger partial charge is 0.494 e. The summed E-state index contributed by atoms with van der Waals surface area (Å²) in [6.07, 6.45) is 8.56. The molecule has 0 saturated carbocycles. The molecule has 164 valence electrons. The molecule has 1 aromatic rings. The van der Waals surface area contributed by atoms with Gasteiger partial charge in [0.25, 0.3) is 0 Å². The van der Waals surface area contributed by atoms with Gasteiger partial charge in [0.2, 0.25) is 0 Å². The van der Waals surface area contributed by atoms with Gasteiger partial charge in [-0.05, 0) is 50.3 Å². The van der Waals surface area contributed by atoms with Gasteiger partial charge in [0, 0.05) is 0 Å². The van der Waals surface area contributed by atoms with Crippen molar-refractivity contribution in [3.8, 4) is 5.75 Å². The molecule has 0 aliphatic carbocycles. The first kappa shape index (κ1) is 25.0. The molecular weight excluding hydrogens is 368 g/mol. The van der Waals surface area contributed by atoms with E-state index in [1.165, 1.54) is 25.7 Å². The smallest absolute Gasteiger partial charge is 0.323 e. The SMILES string of the molecule is CCCCCCCOc1ccc(CCC(CCCC)(C(=O)O)C(=O)OCC)cc1. The zero-order valence-electron chi connectivity index (χ0n) is 18.4. The number of aryl methyl sites for hydroxylation is 1. The lowest BCUT2D eigenvalue weighted by Crippen LogP contribution is -2.41. The van der Waals surface area contributed by atoms with E-state index in [2.05, 4.69) is 6.92 Å². The van der Waals surface area contributed by atoms with E-state index in [9.17, 15) is 14.7 Å². The van der Waals surface area contributed by atoms with Crippen molar-refractivity contribution < 1.29 is 24.2 Å². The molecule has 0 fully saturated rings. The lowest BCUT2D eigenvalue weighted by atomic mass is 9.77. The third-order valence-corrected chi connectivity index (χ3v) is 5.31. The molecule has 0 spiro atoms. The molecule has 0 saturated heterocycles. The Labute approximate surface area is 175 Å². The average Bonchev–Trinajstić information content (AvgIpc) is 2.71. The number of esters is 1. The standard InChI is InChI=1S/C24H38O5/c1-4-7-9-10-11-19-29-21-14-12-20(13-15-21)16-18-24(22(25)26,17-8-5-2)23(27)28-6-3/h12-15H,4-11,16-19H2,1-3H3,(H,25,26). The van der Waals surface area contributed by atoms with Crippen LogP contribution < -0.4 is 4.74 Å². The summed E-state index contributed by atoms with van der Waals surface area (Å²) in [6.45, 7) is 6.79. The predicted octanol–water partition coefficient (Wildman–Crippen LogP) is 5.79. The van der Waals surface area contributed by atoms with Crippen molar-refractivity contribution in [1.82, 2.24) is 0 Å². The van der Waals surface area contributed by atoms with Crippen LogP contribution in [0.25, 0.3) is 0 Å². The fraction of sp³-hybridized carbons (Fsp3) is 0.667. The Bertz CT molecular complexity index is 596. The second-order valence-electron chi connectivity index (χ2n) is 7.62. The summed E-state index contributed by atoms with van der Waals surface area (Å²) in [5.74, 6) is -0.887. The van der Waals surface area contributed by atoms with E-state index in [1.807, 2.05) is 31.2 Å². The summed E-state index contributed by atoms with van der Waals surface area (Å²) in [5.41, 5.74) is -0.480. The second-order valence-corrected chi connectivity index (χ2v) is 7.62. The molecule has 0 bridgehead atoms. The number of rotatable bonds is 16. The summed E-state index contributed by atoms with van der Waals surface area (Å²) in [4.78, 5) is 24.5. The van der Waals surface area contributed by atoms with Crippen molar-refractivity contribution >= 4 is 11.9 Å². The van der Waals surface area contributed by atoms with E-state index in [-0.39, 0.29) is 13.0 Å². The van der Waals surface area contributed by atoms with Crippen LogP contribution in [0, 0.1) is 5.41 Å². The summed E-state index contributed by atoms with van der Waals surface area (Å²) in [5, 5.41) is 9.82. The molecule has 1 N–H and O–H groups in total. The summed E-state index contributed by atoms with van der Waals surface area (Å²) in [6, 6.07) is 7.73. The maximum Gasteiger partial charge on any atom is 0.323 e. The number of benzene rings is 1. The average molecular weight is 407 g/mol. The molecular formula is C24H38O5. The van der Waals surface area contributed by atoms with Crippen molar-refractivity contribution in [3.05, 3.63) is 29.8 Å². The lowest BCUT2D eigenvalue weighted by molar-refractivity contribution is -0.170. The highest BCUT2D eigenvalue weighted by Crippen LogP contribution is 2.33. The molecule has 1 rings (SSSR count). The number of unbranched alkanes of at least 4 members (excludes halogenated alkanes) is 5. The molecule has 5 heteroatoms. The minimum atomic E-state index is -1.47. The molecule has 29 heavy (non-hydrogen) atoms. The molecule has 0 heterocycles. The number of carbonyl (C=O) groups is 2. The maximum absolute atomic E-state index is 12.5. The Morgan fingerprint density at radius 3 is 2.14 bits per heavy atom. The third kappa shape index (κ3) is 8.46.